The van der Waals surface area contributed by atoms with Crippen LogP contribution in [-0.2, 0) is 4.79 Å². The maximum Gasteiger partial charge on any atom is 0.573 e. The summed E-state index contributed by atoms with van der Waals surface area (Å²) in [6.07, 6.45) is -0.810. The lowest BCUT2D eigenvalue weighted by Gasteiger charge is -2.25. The summed E-state index contributed by atoms with van der Waals surface area (Å²) in [5, 5.41) is 9.15. The molecule has 0 saturated heterocycles. The lowest BCUT2D eigenvalue weighted by molar-refractivity contribution is -0.274. The molecule has 2 aromatic rings. The molecule has 2 atom stereocenters. The van der Waals surface area contributed by atoms with Gasteiger partial charge >= 0.3 is 12.3 Å². The fourth-order valence-corrected chi connectivity index (χ4v) is 4.12. The van der Waals surface area contributed by atoms with E-state index in [1.165, 1.54) is 24.3 Å². The van der Waals surface area contributed by atoms with Gasteiger partial charge in [0.25, 0.3) is 6.01 Å². The van der Waals surface area contributed by atoms with Crippen LogP contribution in [-0.4, -0.2) is 38.9 Å². The predicted octanol–water partition coefficient (Wildman–Crippen LogP) is 3.09. The Kier molecular flexibility index (Phi) is 5.83. The summed E-state index contributed by atoms with van der Waals surface area (Å²) >= 11 is 6.43. The first kappa shape index (κ1) is 21.5. The van der Waals surface area contributed by atoms with Crippen molar-refractivity contribution in [2.45, 2.75) is 49.6 Å². The van der Waals surface area contributed by atoms with E-state index in [4.69, 9.17) is 21.4 Å². The van der Waals surface area contributed by atoms with Gasteiger partial charge in [0.1, 0.15) is 11.9 Å². The highest BCUT2D eigenvalue weighted by Crippen LogP contribution is 2.30. The Bertz CT molecular complexity index is 1060. The van der Waals surface area contributed by atoms with Gasteiger partial charge in [0, 0.05) is 0 Å². The van der Waals surface area contributed by atoms with E-state index in [1.54, 1.807) is 6.08 Å². The van der Waals surface area contributed by atoms with E-state index in [-0.39, 0.29) is 23.8 Å². The van der Waals surface area contributed by atoms with Crippen molar-refractivity contribution >= 4 is 23.6 Å². The molecule has 0 amide bonds. The molecule has 1 aromatic carbocycles. The minimum absolute atomic E-state index is 0.132. The Morgan fingerprint density at radius 2 is 1.84 bits per heavy atom. The van der Waals surface area contributed by atoms with Gasteiger partial charge in [-0.05, 0) is 49.5 Å². The lowest BCUT2D eigenvalue weighted by atomic mass is 9.87. The molecule has 2 unspecified atom stereocenters. The molecule has 0 radical (unpaired) electrons. The van der Waals surface area contributed by atoms with Crippen molar-refractivity contribution < 1.29 is 32.5 Å². The fraction of sp³-hybridized carbons (Fsp3) is 0.450. The minimum Gasteiger partial charge on any atom is -0.481 e. The summed E-state index contributed by atoms with van der Waals surface area (Å²) in [5.74, 6) is -1.44. The quantitative estimate of drug-likeness (QED) is 0.672. The number of nitrogens with zero attached hydrogens (tertiary/aromatic N) is 2. The van der Waals surface area contributed by atoms with E-state index in [9.17, 15) is 18.0 Å². The van der Waals surface area contributed by atoms with Gasteiger partial charge in [0.15, 0.2) is 5.49 Å². The molecule has 1 aliphatic carbocycles. The highest BCUT2D eigenvalue weighted by molar-refractivity contribution is 6.24. The smallest absolute Gasteiger partial charge is 0.481 e. The lowest BCUT2D eigenvalue weighted by Crippen LogP contribution is -2.33. The first-order valence-electron chi connectivity index (χ1n) is 9.73. The van der Waals surface area contributed by atoms with Gasteiger partial charge in [0.05, 0.1) is 22.7 Å². The first-order valence-corrected chi connectivity index (χ1v) is 10.2. The van der Waals surface area contributed by atoms with E-state index in [0.29, 0.717) is 42.1 Å². The van der Waals surface area contributed by atoms with Gasteiger partial charge in [-0.3, -0.25) is 9.79 Å². The maximum atomic E-state index is 12.3. The number of aromatic amines is 1. The average molecular weight is 458 g/mol. The molecule has 0 bridgehead atoms. The number of H-pyrrole nitrogens is 1. The molecule has 2 N–H and O–H groups in total. The molecule has 4 rings (SSSR count). The summed E-state index contributed by atoms with van der Waals surface area (Å²) in [7, 11) is 0. The van der Waals surface area contributed by atoms with Crippen LogP contribution in [0.5, 0.6) is 11.8 Å². The highest BCUT2D eigenvalue weighted by atomic mass is 35.5. The zero-order chi connectivity index (χ0) is 22.2. The van der Waals surface area contributed by atoms with Crippen molar-refractivity contribution in [1.82, 2.24) is 9.97 Å². The number of aromatic nitrogens is 2. The third-order valence-electron chi connectivity index (χ3n) is 5.34. The number of halogens is 4. The monoisotopic (exact) mass is 457 g/mol. The number of hydrogen-bond donors (Lipinski definition) is 2. The second kappa shape index (κ2) is 8.41. The number of ether oxygens (including phenoxy) is 2. The molecule has 0 spiro atoms. The molecule has 31 heavy (non-hydrogen) atoms. The first-order chi connectivity index (χ1) is 14.7. The number of alkyl halides is 4. The molecule has 166 valence electrons. The van der Waals surface area contributed by atoms with Crippen molar-refractivity contribution in [2.75, 3.05) is 0 Å². The van der Waals surface area contributed by atoms with Crippen LogP contribution in [0.25, 0.3) is 6.08 Å². The van der Waals surface area contributed by atoms with Crippen molar-refractivity contribution in [3.8, 4) is 11.8 Å². The summed E-state index contributed by atoms with van der Waals surface area (Å²) in [5.41, 5.74) is 1.01. The summed E-state index contributed by atoms with van der Waals surface area (Å²) < 4.78 is 46.8. The van der Waals surface area contributed by atoms with Gasteiger partial charge in [0.2, 0.25) is 0 Å². The molecule has 7 nitrogen and oxygen atoms in total. The number of carboxylic acids is 1. The Hall–Kier alpha value is -2.75. The van der Waals surface area contributed by atoms with Crippen LogP contribution in [0.15, 0.2) is 29.3 Å². The number of imidazole rings is 1. The van der Waals surface area contributed by atoms with Gasteiger partial charge in [-0.25, -0.2) is 0 Å². The maximum absolute atomic E-state index is 12.3. The molecule has 2 heterocycles. The number of benzene rings is 1. The average Bonchev–Trinajstić information content (AvgIpc) is 3.08. The third kappa shape index (κ3) is 5.12. The fourth-order valence-electron chi connectivity index (χ4n) is 3.79. The number of aliphatic carboxylic acids is 1. The largest absolute Gasteiger partial charge is 0.573 e. The second-order valence-electron chi connectivity index (χ2n) is 7.51. The van der Waals surface area contributed by atoms with E-state index < -0.39 is 23.8 Å². The molecule has 1 saturated carbocycles. The highest BCUT2D eigenvalue weighted by Gasteiger charge is 2.31. The summed E-state index contributed by atoms with van der Waals surface area (Å²) in [6.45, 7) is 0. The SMILES string of the molecule is O=C(O)C1CCC(Oc2nc3c([nH]2)=CC(Cl)C(c2ccc(OC(F)(F)F)cc2)N=3)CC1. The molecule has 1 aromatic heterocycles. The van der Waals surface area contributed by atoms with Crippen LogP contribution in [0.3, 0.4) is 0 Å². The van der Waals surface area contributed by atoms with Crippen LogP contribution in [0.2, 0.25) is 0 Å². The van der Waals surface area contributed by atoms with E-state index in [0.717, 1.165) is 0 Å². The molecular weight excluding hydrogens is 439 g/mol. The van der Waals surface area contributed by atoms with Crippen LogP contribution in [0.1, 0.15) is 37.3 Å². The van der Waals surface area contributed by atoms with Gasteiger partial charge in [-0.1, -0.05) is 12.1 Å². The number of nitrogens with one attached hydrogen (secondary N) is 1. The number of carbonyl (C=O) groups is 1. The van der Waals surface area contributed by atoms with Gasteiger partial charge < -0.3 is 19.6 Å². The van der Waals surface area contributed by atoms with E-state index >= 15 is 0 Å². The van der Waals surface area contributed by atoms with Crippen LogP contribution in [0, 0.1) is 5.92 Å². The molecular formula is C20H19ClF3N3O4. The van der Waals surface area contributed by atoms with Crippen LogP contribution >= 0.6 is 11.6 Å². The third-order valence-corrected chi connectivity index (χ3v) is 5.70. The van der Waals surface area contributed by atoms with Crippen LogP contribution in [0.4, 0.5) is 13.2 Å². The molecule has 1 aliphatic heterocycles. The number of fused-ring (bicyclic) bond motifs is 1. The molecule has 2 aliphatic rings. The Morgan fingerprint density at radius 3 is 2.45 bits per heavy atom. The van der Waals surface area contributed by atoms with Crippen LogP contribution < -0.4 is 20.3 Å². The zero-order valence-corrected chi connectivity index (χ0v) is 16.9. The Morgan fingerprint density at radius 1 is 1.16 bits per heavy atom. The number of hydrogen-bond acceptors (Lipinski definition) is 5. The summed E-state index contributed by atoms with van der Waals surface area (Å²) in [4.78, 5) is 23.0. The Balaban J connectivity index is 1.47. The van der Waals surface area contributed by atoms with Gasteiger partial charge in [-0.2, -0.15) is 4.98 Å². The topological polar surface area (TPSA) is 96.8 Å². The van der Waals surface area contributed by atoms with Gasteiger partial charge in [-0.15, -0.1) is 24.8 Å². The van der Waals surface area contributed by atoms with E-state index in [2.05, 4.69) is 19.7 Å². The predicted molar refractivity (Wildman–Crippen MR) is 103 cm³/mol. The zero-order valence-electron chi connectivity index (χ0n) is 16.1. The number of rotatable bonds is 5. The summed E-state index contributed by atoms with van der Waals surface area (Å²) in [6, 6.07) is 5.13. The Labute approximate surface area is 179 Å². The van der Waals surface area contributed by atoms with Crippen molar-refractivity contribution in [3.05, 3.63) is 40.7 Å². The van der Waals surface area contributed by atoms with Crippen molar-refractivity contribution in [3.63, 3.8) is 0 Å². The standard InChI is InChI=1S/C20H19ClF3N3O4/c21-14-9-15-17(26-16(14)10-1-7-13(8-2-10)31-20(22,23)24)27-19(25-15)30-12-5-3-11(4-6-12)18(28)29/h1-2,7-9,11-12,14,16H,3-6H2,(H,28,29)(H,25,26,27). The van der Waals surface area contributed by atoms with Crippen molar-refractivity contribution in [2.24, 2.45) is 10.9 Å². The second-order valence-corrected chi connectivity index (χ2v) is 8.01. The molecule has 11 heteroatoms. The van der Waals surface area contributed by atoms with Crippen molar-refractivity contribution in [1.29, 1.82) is 0 Å². The normalized spacial score (nSPS) is 25.7. The van der Waals surface area contributed by atoms with E-state index in [1.807, 2.05) is 0 Å². The molecule has 1 fully saturated rings. The number of carboxylic acid groups (broad SMARTS) is 1. The minimum atomic E-state index is -4.76.